The van der Waals surface area contributed by atoms with Crippen molar-refractivity contribution in [3.63, 3.8) is 0 Å². The van der Waals surface area contributed by atoms with Crippen molar-refractivity contribution in [3.05, 3.63) is 27.9 Å². The number of pyridine rings is 1. The summed E-state index contributed by atoms with van der Waals surface area (Å²) < 4.78 is 0. The monoisotopic (exact) mass is 351 g/mol. The number of hydrogen-bond acceptors (Lipinski definition) is 8. The second kappa shape index (κ2) is 6.63. The molecule has 2 aliphatic rings. The number of carboxylic acid groups (broad SMARTS) is 1. The summed E-state index contributed by atoms with van der Waals surface area (Å²) in [5.74, 6) is -1.20. The molecular weight excluding hydrogens is 334 g/mol. The molecular formula is C14H17N5O4S. The summed E-state index contributed by atoms with van der Waals surface area (Å²) in [7, 11) is 0. The largest absolute Gasteiger partial charge is 0.477 e. The van der Waals surface area contributed by atoms with Gasteiger partial charge in [-0.3, -0.25) is 15.1 Å². The van der Waals surface area contributed by atoms with Gasteiger partial charge in [0, 0.05) is 37.6 Å². The van der Waals surface area contributed by atoms with Gasteiger partial charge in [0.15, 0.2) is 5.17 Å². The molecule has 1 aromatic heterocycles. The maximum atomic E-state index is 11.3. The molecule has 24 heavy (non-hydrogen) atoms. The van der Waals surface area contributed by atoms with E-state index in [2.05, 4.69) is 21.8 Å². The molecule has 3 rings (SSSR count). The second-order valence-corrected chi connectivity index (χ2v) is 7.02. The smallest absolute Gasteiger partial charge is 0.342 e. The van der Waals surface area contributed by atoms with Gasteiger partial charge >= 0.3 is 11.7 Å². The molecule has 3 heterocycles. The fraction of sp³-hybridized carbons (Fsp3) is 0.500. The molecule has 10 heteroatoms. The zero-order chi connectivity index (χ0) is 17.3. The van der Waals surface area contributed by atoms with Gasteiger partial charge in [-0.15, -0.1) is 0 Å². The van der Waals surface area contributed by atoms with Gasteiger partial charge in [0.25, 0.3) is 0 Å². The average Bonchev–Trinajstić information content (AvgIpc) is 3.00. The quantitative estimate of drug-likeness (QED) is 0.640. The van der Waals surface area contributed by atoms with E-state index in [1.165, 1.54) is 6.20 Å². The third-order valence-electron chi connectivity index (χ3n) is 3.96. The molecule has 0 radical (unpaired) electrons. The zero-order valence-corrected chi connectivity index (χ0v) is 13.9. The van der Waals surface area contributed by atoms with Crippen LogP contribution in [0.5, 0.6) is 0 Å². The first-order chi connectivity index (χ1) is 11.5. The van der Waals surface area contributed by atoms with Gasteiger partial charge in [-0.1, -0.05) is 18.7 Å². The molecule has 1 atom stereocenters. The Balaban J connectivity index is 1.78. The first-order valence-corrected chi connectivity index (χ1v) is 8.43. The molecule has 0 aliphatic carbocycles. The number of nitrogens with zero attached hydrogens (tertiary/aromatic N) is 5. The molecule has 1 unspecified atom stereocenters. The number of aliphatic imine (C=N–C) groups is 1. The van der Waals surface area contributed by atoms with Crippen molar-refractivity contribution in [2.75, 3.05) is 37.6 Å². The van der Waals surface area contributed by atoms with Crippen LogP contribution >= 0.6 is 11.8 Å². The number of piperazine rings is 1. The Labute approximate surface area is 142 Å². The lowest BCUT2D eigenvalue weighted by Crippen LogP contribution is -2.48. The lowest BCUT2D eigenvalue weighted by atomic mass is 10.2. The lowest BCUT2D eigenvalue weighted by Gasteiger charge is -2.36. The topological polar surface area (TPSA) is 112 Å². The molecule has 9 nitrogen and oxygen atoms in total. The predicted octanol–water partition coefficient (Wildman–Crippen LogP) is 1.30. The van der Waals surface area contributed by atoms with Crippen LogP contribution in [0.15, 0.2) is 17.3 Å². The Morgan fingerprint density at radius 2 is 2.04 bits per heavy atom. The molecule has 2 aliphatic heterocycles. The van der Waals surface area contributed by atoms with Crippen LogP contribution in [0, 0.1) is 10.1 Å². The van der Waals surface area contributed by atoms with E-state index in [0.717, 1.165) is 17.8 Å². The standard InChI is InChI=1S/C14H17N5O4S/c1-9-8-16-14(24-9)18-6-4-17(5-7-18)12-11(19(22)23)10(13(20)21)2-3-15-12/h2-3,9H,4-8H2,1H3,(H,20,21). The minimum atomic E-state index is -1.32. The number of aromatic nitrogens is 1. The van der Waals surface area contributed by atoms with Gasteiger partial charge in [0.1, 0.15) is 5.56 Å². The van der Waals surface area contributed by atoms with Crippen molar-refractivity contribution in [1.82, 2.24) is 9.88 Å². The van der Waals surface area contributed by atoms with Crippen LogP contribution in [-0.2, 0) is 0 Å². The third kappa shape index (κ3) is 3.14. The molecule has 1 N–H and O–H groups in total. The Morgan fingerprint density at radius 3 is 2.58 bits per heavy atom. The van der Waals surface area contributed by atoms with Crippen molar-refractivity contribution in [1.29, 1.82) is 0 Å². The first-order valence-electron chi connectivity index (χ1n) is 7.55. The van der Waals surface area contributed by atoms with Crippen molar-refractivity contribution >= 4 is 34.4 Å². The third-order valence-corrected chi connectivity index (χ3v) is 5.11. The van der Waals surface area contributed by atoms with E-state index in [-0.39, 0.29) is 11.4 Å². The molecule has 0 bridgehead atoms. The van der Waals surface area contributed by atoms with Gasteiger partial charge in [0.2, 0.25) is 5.82 Å². The molecule has 0 aromatic carbocycles. The minimum absolute atomic E-state index is 0.119. The van der Waals surface area contributed by atoms with Crippen LogP contribution in [0.2, 0.25) is 0 Å². The molecule has 1 saturated heterocycles. The average molecular weight is 351 g/mol. The Bertz CT molecular complexity index is 702. The fourth-order valence-electron chi connectivity index (χ4n) is 2.77. The lowest BCUT2D eigenvalue weighted by molar-refractivity contribution is -0.384. The summed E-state index contributed by atoms with van der Waals surface area (Å²) >= 11 is 1.74. The van der Waals surface area contributed by atoms with Crippen molar-refractivity contribution < 1.29 is 14.8 Å². The molecule has 1 aromatic rings. The number of carbonyl (C=O) groups is 1. The van der Waals surface area contributed by atoms with Crippen LogP contribution in [0.25, 0.3) is 0 Å². The first kappa shape index (κ1) is 16.5. The number of thioether (sulfide) groups is 1. The summed E-state index contributed by atoms with van der Waals surface area (Å²) in [6.45, 7) is 5.36. The van der Waals surface area contributed by atoms with E-state index in [1.54, 1.807) is 16.7 Å². The highest BCUT2D eigenvalue weighted by atomic mass is 32.2. The van der Waals surface area contributed by atoms with Crippen molar-refractivity contribution in [2.45, 2.75) is 12.2 Å². The minimum Gasteiger partial charge on any atom is -0.477 e. The molecule has 1 fully saturated rings. The van der Waals surface area contributed by atoms with Crippen molar-refractivity contribution in [2.24, 2.45) is 4.99 Å². The summed E-state index contributed by atoms with van der Waals surface area (Å²) in [6.07, 6.45) is 1.30. The number of anilines is 1. The highest BCUT2D eigenvalue weighted by Gasteiger charge is 2.32. The van der Waals surface area contributed by atoms with E-state index in [4.69, 9.17) is 0 Å². The van der Waals surface area contributed by atoms with Crippen LogP contribution < -0.4 is 4.90 Å². The summed E-state index contributed by atoms with van der Waals surface area (Å²) in [5.41, 5.74) is -0.781. The summed E-state index contributed by atoms with van der Waals surface area (Å²) in [5, 5.41) is 22.0. The van der Waals surface area contributed by atoms with Gasteiger partial charge in [0.05, 0.1) is 11.5 Å². The van der Waals surface area contributed by atoms with Gasteiger partial charge in [-0.05, 0) is 6.07 Å². The SMILES string of the molecule is CC1CN=C(N2CCN(c3nccc(C(=O)O)c3[N+](=O)[O-])CC2)S1. The van der Waals surface area contributed by atoms with E-state index in [9.17, 15) is 20.0 Å². The number of carboxylic acids is 1. The van der Waals surface area contributed by atoms with Crippen molar-refractivity contribution in [3.8, 4) is 0 Å². The summed E-state index contributed by atoms with van der Waals surface area (Å²) in [6, 6.07) is 1.16. The molecule has 128 valence electrons. The number of nitro groups is 1. The fourth-order valence-corrected chi connectivity index (χ4v) is 3.76. The second-order valence-electron chi connectivity index (χ2n) is 5.62. The van der Waals surface area contributed by atoms with E-state index < -0.39 is 16.6 Å². The number of rotatable bonds is 3. The maximum Gasteiger partial charge on any atom is 0.342 e. The molecule has 0 spiro atoms. The van der Waals surface area contributed by atoms with Crippen LogP contribution in [0.4, 0.5) is 11.5 Å². The molecule has 0 amide bonds. The normalized spacial score (nSPS) is 20.9. The van der Waals surface area contributed by atoms with Crippen LogP contribution in [0.3, 0.4) is 0 Å². The Hall–Kier alpha value is -2.36. The van der Waals surface area contributed by atoms with E-state index in [0.29, 0.717) is 31.4 Å². The van der Waals surface area contributed by atoms with Crippen LogP contribution in [0.1, 0.15) is 17.3 Å². The maximum absolute atomic E-state index is 11.3. The van der Waals surface area contributed by atoms with E-state index in [1.807, 2.05) is 0 Å². The number of amidine groups is 1. The number of hydrogen-bond donors (Lipinski definition) is 1. The van der Waals surface area contributed by atoms with Gasteiger partial charge in [-0.2, -0.15) is 0 Å². The number of aromatic carboxylic acids is 1. The van der Waals surface area contributed by atoms with Gasteiger partial charge < -0.3 is 14.9 Å². The highest BCUT2D eigenvalue weighted by molar-refractivity contribution is 8.14. The Morgan fingerprint density at radius 1 is 1.38 bits per heavy atom. The van der Waals surface area contributed by atoms with Crippen LogP contribution in [-0.4, -0.2) is 69.0 Å². The zero-order valence-electron chi connectivity index (χ0n) is 13.1. The van der Waals surface area contributed by atoms with E-state index >= 15 is 0 Å². The van der Waals surface area contributed by atoms with Gasteiger partial charge in [-0.25, -0.2) is 9.78 Å². The summed E-state index contributed by atoms with van der Waals surface area (Å²) in [4.78, 5) is 34.4. The highest BCUT2D eigenvalue weighted by Crippen LogP contribution is 2.31. The molecule has 0 saturated carbocycles. The Kier molecular flexibility index (Phi) is 4.56. The predicted molar refractivity (Wildman–Crippen MR) is 91.0 cm³/mol.